The topological polar surface area (TPSA) is 20.3 Å². The Morgan fingerprint density at radius 3 is 2.56 bits per heavy atom. The first-order chi connectivity index (χ1) is 7.65. The predicted molar refractivity (Wildman–Crippen MR) is 71.8 cm³/mol. The average Bonchev–Trinajstić information content (AvgIpc) is 2.57. The normalized spacial score (nSPS) is 20.5. The van der Waals surface area contributed by atoms with Gasteiger partial charge in [-0.25, -0.2) is 0 Å². The molecule has 16 heavy (non-hydrogen) atoms. The van der Waals surface area contributed by atoms with Crippen LogP contribution in [0, 0.1) is 0 Å². The number of likely N-dealkylation sites (tertiary alicyclic amines) is 1. The summed E-state index contributed by atoms with van der Waals surface area (Å²) >= 11 is 6.90. The number of alkyl halides is 1. The second-order valence-corrected chi connectivity index (χ2v) is 6.23. The van der Waals surface area contributed by atoms with E-state index in [1.165, 1.54) is 5.56 Å². The molecule has 1 aromatic carbocycles. The summed E-state index contributed by atoms with van der Waals surface area (Å²) < 4.78 is 1.09. The molecule has 1 saturated heterocycles. The highest BCUT2D eigenvalue weighted by Gasteiger charge is 2.26. The molecule has 2 rings (SSSR count). The number of carbonyl (C=O) groups excluding carboxylic acids is 1. The zero-order valence-electron chi connectivity index (χ0n) is 8.83. The molecule has 86 valence electrons. The molecule has 0 aromatic heterocycles. The third kappa shape index (κ3) is 3.08. The lowest BCUT2D eigenvalue weighted by atomic mass is 10.1. The Balaban J connectivity index is 1.88. The maximum Gasteiger partial charge on any atom is 0.223 e. The maximum atomic E-state index is 11.5. The van der Waals surface area contributed by atoms with Crippen molar-refractivity contribution < 1.29 is 4.79 Å². The number of hydrogen-bond donors (Lipinski definition) is 0. The van der Waals surface area contributed by atoms with E-state index in [4.69, 9.17) is 0 Å². The largest absolute Gasteiger partial charge is 0.341 e. The first kappa shape index (κ1) is 12.1. The lowest BCUT2D eigenvalue weighted by Crippen LogP contribution is -2.27. The fourth-order valence-electron chi connectivity index (χ4n) is 1.86. The van der Waals surface area contributed by atoms with Crippen LogP contribution in [-0.4, -0.2) is 28.7 Å². The van der Waals surface area contributed by atoms with E-state index in [9.17, 15) is 4.79 Å². The van der Waals surface area contributed by atoms with Gasteiger partial charge < -0.3 is 4.90 Å². The molecule has 0 radical (unpaired) electrons. The number of amides is 1. The number of nitrogens with zero attached hydrogens (tertiary/aromatic N) is 1. The SMILES string of the molecule is O=C1CC(Br)CN1CCc1ccc(Br)cc1. The van der Waals surface area contributed by atoms with Crippen molar-refractivity contribution in [1.29, 1.82) is 0 Å². The molecule has 1 heterocycles. The fourth-order valence-corrected chi connectivity index (χ4v) is 2.75. The molecule has 1 aromatic rings. The van der Waals surface area contributed by atoms with Gasteiger partial charge in [0.05, 0.1) is 0 Å². The summed E-state index contributed by atoms with van der Waals surface area (Å²) in [6, 6.07) is 8.26. The lowest BCUT2D eigenvalue weighted by molar-refractivity contribution is -0.127. The van der Waals surface area contributed by atoms with E-state index < -0.39 is 0 Å². The van der Waals surface area contributed by atoms with Gasteiger partial charge in [-0.2, -0.15) is 0 Å². The van der Waals surface area contributed by atoms with E-state index in [1.54, 1.807) is 0 Å². The van der Waals surface area contributed by atoms with Gasteiger partial charge in [0.2, 0.25) is 5.91 Å². The molecule has 0 saturated carbocycles. The lowest BCUT2D eigenvalue weighted by Gasteiger charge is -2.15. The van der Waals surface area contributed by atoms with Gasteiger partial charge in [-0.05, 0) is 24.1 Å². The Bertz CT molecular complexity index is 377. The molecular weight excluding hydrogens is 334 g/mol. The molecule has 0 spiro atoms. The van der Waals surface area contributed by atoms with Crippen molar-refractivity contribution >= 4 is 37.8 Å². The van der Waals surface area contributed by atoms with Crippen molar-refractivity contribution in [3.05, 3.63) is 34.3 Å². The summed E-state index contributed by atoms with van der Waals surface area (Å²) in [5, 5.41) is 0. The van der Waals surface area contributed by atoms with Crippen LogP contribution in [0.4, 0.5) is 0 Å². The van der Waals surface area contributed by atoms with Crippen LogP contribution >= 0.6 is 31.9 Å². The number of hydrogen-bond acceptors (Lipinski definition) is 1. The van der Waals surface area contributed by atoms with Gasteiger partial charge in [-0.15, -0.1) is 0 Å². The maximum absolute atomic E-state index is 11.5. The van der Waals surface area contributed by atoms with Crippen LogP contribution in [0.15, 0.2) is 28.7 Å². The Hall–Kier alpha value is -0.350. The summed E-state index contributed by atoms with van der Waals surface area (Å²) in [6.45, 7) is 1.66. The molecule has 1 unspecified atom stereocenters. The third-order valence-electron chi connectivity index (χ3n) is 2.75. The van der Waals surface area contributed by atoms with E-state index in [0.29, 0.717) is 11.2 Å². The van der Waals surface area contributed by atoms with Gasteiger partial charge >= 0.3 is 0 Å². The summed E-state index contributed by atoms with van der Waals surface area (Å²) in [6.07, 6.45) is 1.57. The summed E-state index contributed by atoms with van der Waals surface area (Å²) in [5.74, 6) is 0.263. The minimum Gasteiger partial charge on any atom is -0.341 e. The molecule has 2 nitrogen and oxygen atoms in total. The summed E-state index contributed by atoms with van der Waals surface area (Å²) in [7, 11) is 0. The quantitative estimate of drug-likeness (QED) is 0.770. The zero-order chi connectivity index (χ0) is 11.5. The fraction of sp³-hybridized carbons (Fsp3) is 0.417. The van der Waals surface area contributed by atoms with Crippen molar-refractivity contribution in [2.45, 2.75) is 17.7 Å². The summed E-state index contributed by atoms with van der Waals surface area (Å²) in [4.78, 5) is 13.8. The van der Waals surface area contributed by atoms with Gasteiger partial charge in [0.1, 0.15) is 0 Å². The van der Waals surface area contributed by atoms with Crippen molar-refractivity contribution in [2.75, 3.05) is 13.1 Å². The molecule has 1 fully saturated rings. The minimum atomic E-state index is 0.263. The number of carbonyl (C=O) groups is 1. The molecule has 4 heteroatoms. The Kier molecular flexibility index (Phi) is 4.03. The highest BCUT2D eigenvalue weighted by atomic mass is 79.9. The molecule has 0 bridgehead atoms. The van der Waals surface area contributed by atoms with E-state index in [-0.39, 0.29) is 5.91 Å². The van der Waals surface area contributed by atoms with E-state index in [2.05, 4.69) is 44.0 Å². The van der Waals surface area contributed by atoms with Crippen molar-refractivity contribution in [3.8, 4) is 0 Å². The number of benzene rings is 1. The van der Waals surface area contributed by atoms with Crippen LogP contribution in [0.2, 0.25) is 0 Å². The first-order valence-corrected chi connectivity index (χ1v) is 7.02. The zero-order valence-corrected chi connectivity index (χ0v) is 12.0. The van der Waals surface area contributed by atoms with Gasteiger partial charge in [0, 0.05) is 28.8 Å². The molecule has 1 atom stereocenters. The first-order valence-electron chi connectivity index (χ1n) is 5.31. The standard InChI is InChI=1S/C12H13Br2NO/c13-10-3-1-9(2-4-10)5-6-15-8-11(14)7-12(15)16/h1-4,11H,5-8H2. The van der Waals surface area contributed by atoms with Crippen molar-refractivity contribution in [3.63, 3.8) is 0 Å². The van der Waals surface area contributed by atoms with Crippen LogP contribution in [0.1, 0.15) is 12.0 Å². The van der Waals surface area contributed by atoms with E-state index in [1.807, 2.05) is 17.0 Å². The van der Waals surface area contributed by atoms with E-state index >= 15 is 0 Å². The Morgan fingerprint density at radius 1 is 1.31 bits per heavy atom. The average molecular weight is 347 g/mol. The second kappa shape index (κ2) is 5.32. The smallest absolute Gasteiger partial charge is 0.223 e. The van der Waals surface area contributed by atoms with Crippen LogP contribution in [0.5, 0.6) is 0 Å². The van der Waals surface area contributed by atoms with Crippen molar-refractivity contribution in [2.24, 2.45) is 0 Å². The Labute approximate surface area is 112 Å². The van der Waals surface area contributed by atoms with Crippen molar-refractivity contribution in [1.82, 2.24) is 4.90 Å². The van der Waals surface area contributed by atoms with Gasteiger partial charge in [-0.3, -0.25) is 4.79 Å². The molecule has 1 aliphatic rings. The molecule has 0 N–H and O–H groups in total. The second-order valence-electron chi connectivity index (χ2n) is 4.02. The van der Waals surface area contributed by atoms with Crippen LogP contribution < -0.4 is 0 Å². The van der Waals surface area contributed by atoms with Gasteiger partial charge in [0.15, 0.2) is 0 Å². The number of rotatable bonds is 3. The molecule has 0 aliphatic carbocycles. The van der Waals surface area contributed by atoms with E-state index in [0.717, 1.165) is 24.0 Å². The van der Waals surface area contributed by atoms with Crippen LogP contribution in [-0.2, 0) is 11.2 Å². The summed E-state index contributed by atoms with van der Waals surface area (Å²) in [5.41, 5.74) is 1.27. The number of halogens is 2. The highest BCUT2D eigenvalue weighted by molar-refractivity contribution is 9.10. The van der Waals surface area contributed by atoms with Gasteiger partial charge in [0.25, 0.3) is 0 Å². The molecule has 1 aliphatic heterocycles. The third-order valence-corrected chi connectivity index (χ3v) is 3.89. The van der Waals surface area contributed by atoms with Gasteiger partial charge in [-0.1, -0.05) is 44.0 Å². The monoisotopic (exact) mass is 345 g/mol. The molecule has 1 amide bonds. The minimum absolute atomic E-state index is 0.263. The van der Waals surface area contributed by atoms with Crippen LogP contribution in [0.25, 0.3) is 0 Å². The molecular formula is C12H13Br2NO. The Morgan fingerprint density at radius 2 is 2.00 bits per heavy atom. The predicted octanol–water partition coefficient (Wildman–Crippen LogP) is 2.99. The van der Waals surface area contributed by atoms with Crippen LogP contribution in [0.3, 0.4) is 0 Å². The highest BCUT2D eigenvalue weighted by Crippen LogP contribution is 2.18.